The van der Waals surface area contributed by atoms with Crippen LogP contribution in [-0.4, -0.2) is 45.2 Å². The zero-order chi connectivity index (χ0) is 10.5. The number of nitrogens with zero attached hydrogens (tertiary/aromatic N) is 1. The molecule has 2 rings (SSSR count). The molecule has 14 heavy (non-hydrogen) atoms. The highest BCUT2D eigenvalue weighted by Crippen LogP contribution is 2.41. The number of hydrogen-bond acceptors (Lipinski definition) is 3. The second-order valence-corrected chi connectivity index (χ2v) is 4.01. The van der Waals surface area contributed by atoms with Crippen LogP contribution in [0.25, 0.3) is 0 Å². The van der Waals surface area contributed by atoms with E-state index in [0.717, 1.165) is 0 Å². The maximum Gasteiger partial charge on any atom is 0.326 e. The average Bonchev–Trinajstić information content (AvgIpc) is 2.42. The van der Waals surface area contributed by atoms with Crippen molar-refractivity contribution in [3.63, 3.8) is 0 Å². The minimum Gasteiger partial charge on any atom is -0.480 e. The lowest BCUT2D eigenvalue weighted by atomic mass is 9.84. The highest BCUT2D eigenvalue weighted by molar-refractivity contribution is 5.92. The average molecular weight is 199 g/mol. The molecule has 5 heteroatoms. The zero-order valence-corrected chi connectivity index (χ0v) is 7.88. The first-order valence-electron chi connectivity index (χ1n) is 4.77. The van der Waals surface area contributed by atoms with E-state index in [-0.39, 0.29) is 17.9 Å². The van der Waals surface area contributed by atoms with Gasteiger partial charge in [-0.3, -0.25) is 4.79 Å². The molecule has 5 nitrogen and oxygen atoms in total. The first-order valence-corrected chi connectivity index (χ1v) is 4.77. The third-order valence-electron chi connectivity index (χ3n) is 3.19. The number of β-lactam (4-membered cyclic amide) rings is 1. The summed E-state index contributed by atoms with van der Waals surface area (Å²) in [5.74, 6) is -1.53. The Hall–Kier alpha value is -1.10. The van der Waals surface area contributed by atoms with E-state index in [1.54, 1.807) is 6.92 Å². The third kappa shape index (κ3) is 1.05. The molecule has 0 radical (unpaired) electrons. The van der Waals surface area contributed by atoms with Gasteiger partial charge in [0.15, 0.2) is 0 Å². The van der Waals surface area contributed by atoms with Gasteiger partial charge >= 0.3 is 5.97 Å². The van der Waals surface area contributed by atoms with Gasteiger partial charge in [0.1, 0.15) is 6.04 Å². The fourth-order valence-corrected chi connectivity index (χ4v) is 2.53. The van der Waals surface area contributed by atoms with Gasteiger partial charge in [-0.15, -0.1) is 0 Å². The van der Waals surface area contributed by atoms with E-state index in [1.165, 1.54) is 4.90 Å². The molecule has 0 spiro atoms. The van der Waals surface area contributed by atoms with Crippen LogP contribution in [0.5, 0.6) is 0 Å². The molecule has 0 aromatic carbocycles. The van der Waals surface area contributed by atoms with E-state index >= 15 is 0 Å². The molecule has 2 aliphatic rings. The van der Waals surface area contributed by atoms with Crippen LogP contribution >= 0.6 is 0 Å². The van der Waals surface area contributed by atoms with Crippen molar-refractivity contribution in [1.82, 2.24) is 4.90 Å². The van der Waals surface area contributed by atoms with Crippen molar-refractivity contribution >= 4 is 11.9 Å². The van der Waals surface area contributed by atoms with Crippen LogP contribution in [0.1, 0.15) is 19.8 Å². The number of fused-ring (bicyclic) bond motifs is 1. The second-order valence-electron chi connectivity index (χ2n) is 4.01. The summed E-state index contributed by atoms with van der Waals surface area (Å²) in [6.45, 7) is 1.58. The number of carboxylic acid groups (broad SMARTS) is 1. The molecule has 0 saturated carbocycles. The number of rotatable bonds is 2. The van der Waals surface area contributed by atoms with Crippen molar-refractivity contribution in [2.75, 3.05) is 0 Å². The minimum absolute atomic E-state index is 0.0522. The van der Waals surface area contributed by atoms with Crippen molar-refractivity contribution < 1.29 is 19.8 Å². The number of aliphatic hydroxyl groups is 1. The van der Waals surface area contributed by atoms with Crippen molar-refractivity contribution in [3.05, 3.63) is 0 Å². The van der Waals surface area contributed by atoms with Crippen LogP contribution in [0.3, 0.4) is 0 Å². The Morgan fingerprint density at radius 3 is 2.71 bits per heavy atom. The number of hydrogen-bond donors (Lipinski definition) is 2. The normalized spacial score (nSPS) is 37.7. The van der Waals surface area contributed by atoms with E-state index in [0.29, 0.717) is 12.8 Å². The summed E-state index contributed by atoms with van der Waals surface area (Å²) in [5, 5.41) is 18.1. The van der Waals surface area contributed by atoms with Gasteiger partial charge in [-0.2, -0.15) is 0 Å². The maximum absolute atomic E-state index is 11.5. The Morgan fingerprint density at radius 1 is 1.57 bits per heavy atom. The molecule has 0 bridgehead atoms. The molecule has 0 aromatic rings. The van der Waals surface area contributed by atoms with Gasteiger partial charge in [-0.05, 0) is 19.8 Å². The largest absolute Gasteiger partial charge is 0.480 e. The van der Waals surface area contributed by atoms with Crippen molar-refractivity contribution in [3.8, 4) is 0 Å². The van der Waals surface area contributed by atoms with Gasteiger partial charge in [-0.25, -0.2) is 4.79 Å². The Balaban J connectivity index is 2.13. The van der Waals surface area contributed by atoms with Crippen molar-refractivity contribution in [2.24, 2.45) is 5.92 Å². The first-order chi connectivity index (χ1) is 6.54. The second kappa shape index (κ2) is 2.95. The Bertz CT molecular complexity index is 289. The molecular weight excluding hydrogens is 186 g/mol. The monoisotopic (exact) mass is 199 g/mol. The van der Waals surface area contributed by atoms with Gasteiger partial charge < -0.3 is 15.1 Å². The standard InChI is InChI=1S/C9H13NO4/c1-4(11)7-5-2-3-6(9(13)14)10(5)8(7)12/h4-7,11H,2-3H2,1H3,(H,13,14)/t4-,5-,6+,7-/m1/s1. The van der Waals surface area contributed by atoms with Crippen LogP contribution in [-0.2, 0) is 9.59 Å². The lowest BCUT2D eigenvalue weighted by Gasteiger charge is -2.45. The van der Waals surface area contributed by atoms with Gasteiger partial charge in [-0.1, -0.05) is 0 Å². The van der Waals surface area contributed by atoms with E-state index < -0.39 is 18.1 Å². The van der Waals surface area contributed by atoms with Crippen LogP contribution < -0.4 is 0 Å². The molecule has 2 aliphatic heterocycles. The molecule has 2 heterocycles. The van der Waals surface area contributed by atoms with E-state index in [9.17, 15) is 14.7 Å². The van der Waals surface area contributed by atoms with E-state index in [1.807, 2.05) is 0 Å². The van der Waals surface area contributed by atoms with E-state index in [2.05, 4.69) is 0 Å². The molecule has 1 amide bonds. The zero-order valence-electron chi connectivity index (χ0n) is 7.88. The molecule has 4 atom stereocenters. The SMILES string of the molecule is C[C@@H](O)[C@H]1C(=O)N2[C@@H]1CC[C@H]2C(=O)O. The Labute approximate surface area is 81.3 Å². The quantitative estimate of drug-likeness (QED) is 0.584. The summed E-state index contributed by atoms with van der Waals surface area (Å²) in [4.78, 5) is 23.7. The maximum atomic E-state index is 11.5. The number of carbonyl (C=O) groups is 2. The van der Waals surface area contributed by atoms with E-state index in [4.69, 9.17) is 5.11 Å². The van der Waals surface area contributed by atoms with Crippen LogP contribution in [0.4, 0.5) is 0 Å². The molecule has 0 aromatic heterocycles. The highest BCUT2D eigenvalue weighted by Gasteiger charge is 2.57. The molecule has 2 N–H and O–H groups in total. The van der Waals surface area contributed by atoms with Gasteiger partial charge in [0.2, 0.25) is 5.91 Å². The minimum atomic E-state index is -0.940. The molecule has 0 aliphatic carbocycles. The lowest BCUT2D eigenvalue weighted by Crippen LogP contribution is -2.64. The van der Waals surface area contributed by atoms with Crippen LogP contribution in [0, 0.1) is 5.92 Å². The predicted molar refractivity (Wildman–Crippen MR) is 46.5 cm³/mol. The number of aliphatic hydroxyl groups excluding tert-OH is 1. The summed E-state index contributed by atoms with van der Waals surface area (Å²) >= 11 is 0. The lowest BCUT2D eigenvalue weighted by molar-refractivity contribution is -0.169. The summed E-state index contributed by atoms with van der Waals surface area (Å²) in [6.07, 6.45) is 0.532. The summed E-state index contributed by atoms with van der Waals surface area (Å²) in [7, 11) is 0. The number of carboxylic acids is 1. The van der Waals surface area contributed by atoms with Crippen LogP contribution in [0.15, 0.2) is 0 Å². The third-order valence-corrected chi connectivity index (χ3v) is 3.19. The first kappa shape index (κ1) is 9.45. The predicted octanol–water partition coefficient (Wildman–Crippen LogP) is -0.559. The van der Waals surface area contributed by atoms with Crippen LogP contribution in [0.2, 0.25) is 0 Å². The fourth-order valence-electron chi connectivity index (χ4n) is 2.53. The van der Waals surface area contributed by atoms with Crippen molar-refractivity contribution in [2.45, 2.75) is 38.0 Å². The molecule has 2 fully saturated rings. The number of amides is 1. The summed E-state index contributed by atoms with van der Waals surface area (Å²) in [5.41, 5.74) is 0. The number of carbonyl (C=O) groups excluding carboxylic acids is 1. The molecule has 2 saturated heterocycles. The topological polar surface area (TPSA) is 77.8 Å². The van der Waals surface area contributed by atoms with Gasteiger partial charge in [0, 0.05) is 6.04 Å². The van der Waals surface area contributed by atoms with Gasteiger partial charge in [0.05, 0.1) is 12.0 Å². The fraction of sp³-hybridized carbons (Fsp3) is 0.778. The molecular formula is C9H13NO4. The molecule has 78 valence electrons. The molecule has 0 unspecified atom stereocenters. The van der Waals surface area contributed by atoms with Gasteiger partial charge in [0.25, 0.3) is 0 Å². The summed E-state index contributed by atoms with van der Waals surface area (Å²) < 4.78 is 0. The smallest absolute Gasteiger partial charge is 0.326 e. The highest BCUT2D eigenvalue weighted by atomic mass is 16.4. The number of aliphatic carboxylic acids is 1. The Morgan fingerprint density at radius 2 is 2.21 bits per heavy atom. The Kier molecular flexibility index (Phi) is 1.99. The summed E-state index contributed by atoms with van der Waals surface area (Å²) in [6, 6.07) is -0.717. The van der Waals surface area contributed by atoms with Crippen molar-refractivity contribution in [1.29, 1.82) is 0 Å².